The Bertz CT molecular complexity index is 677. The van der Waals surface area contributed by atoms with Crippen LogP contribution in [0.1, 0.15) is 61.7 Å². The molecule has 1 aliphatic heterocycles. The molecule has 1 aromatic carbocycles. The van der Waals surface area contributed by atoms with Crippen LogP contribution in [0.25, 0.3) is 0 Å². The summed E-state index contributed by atoms with van der Waals surface area (Å²) in [5.41, 5.74) is 0.984. The number of rotatable bonds is 5. The Balaban J connectivity index is 1.89. The third kappa shape index (κ3) is 4.54. The summed E-state index contributed by atoms with van der Waals surface area (Å²) in [4.78, 5) is 27.8. The van der Waals surface area contributed by atoms with Crippen LogP contribution in [0.4, 0.5) is 5.69 Å². The van der Waals surface area contributed by atoms with Crippen molar-refractivity contribution in [3.8, 4) is 11.5 Å². The lowest BCUT2D eigenvalue weighted by atomic mass is 9.88. The monoisotopic (exact) mass is 374 g/mol. The quantitative estimate of drug-likeness (QED) is 0.850. The van der Waals surface area contributed by atoms with Gasteiger partial charge in [-0.3, -0.25) is 9.59 Å². The number of hydrogen-bond acceptors (Lipinski definition) is 4. The van der Waals surface area contributed by atoms with Gasteiger partial charge in [0, 0.05) is 25.1 Å². The number of hydrogen-bond donors (Lipinski definition) is 1. The Morgan fingerprint density at radius 3 is 2.15 bits per heavy atom. The Labute approximate surface area is 161 Å². The molecule has 1 aromatic rings. The molecular formula is C21H30N2O4. The smallest absolute Gasteiger partial charge is 0.256 e. The zero-order chi connectivity index (χ0) is 19.2. The summed E-state index contributed by atoms with van der Waals surface area (Å²) < 4.78 is 10.8. The Kier molecular flexibility index (Phi) is 6.58. The largest absolute Gasteiger partial charge is 0.493 e. The van der Waals surface area contributed by atoms with E-state index in [9.17, 15) is 9.59 Å². The minimum atomic E-state index is -0.0606. The summed E-state index contributed by atoms with van der Waals surface area (Å²) in [7, 11) is 3.10. The molecule has 1 aliphatic carbocycles. The summed E-state index contributed by atoms with van der Waals surface area (Å²) >= 11 is 0. The zero-order valence-corrected chi connectivity index (χ0v) is 16.4. The van der Waals surface area contributed by atoms with Gasteiger partial charge >= 0.3 is 0 Å². The molecule has 0 bridgehead atoms. The predicted octanol–water partition coefficient (Wildman–Crippen LogP) is 3.85. The van der Waals surface area contributed by atoms with Crippen molar-refractivity contribution in [1.82, 2.24) is 4.90 Å². The second kappa shape index (κ2) is 9.11. The third-order valence-corrected chi connectivity index (χ3v) is 5.63. The highest BCUT2D eigenvalue weighted by atomic mass is 16.5. The summed E-state index contributed by atoms with van der Waals surface area (Å²) in [5, 5.41) is 3.00. The SMILES string of the molecule is COc1cc(NC(=O)C2CCCCC2)c(C(=O)N2CCCCC2)cc1OC. The molecule has 0 radical (unpaired) electrons. The number of piperidine rings is 1. The first-order valence-electron chi connectivity index (χ1n) is 10.00. The van der Waals surface area contributed by atoms with Gasteiger partial charge in [0.2, 0.25) is 5.91 Å². The van der Waals surface area contributed by atoms with Crippen molar-refractivity contribution < 1.29 is 19.1 Å². The topological polar surface area (TPSA) is 67.9 Å². The number of carbonyl (C=O) groups is 2. The number of nitrogens with one attached hydrogen (secondary N) is 1. The van der Waals surface area contributed by atoms with Gasteiger partial charge in [-0.1, -0.05) is 19.3 Å². The molecular weight excluding hydrogens is 344 g/mol. The van der Waals surface area contributed by atoms with Gasteiger partial charge in [-0.15, -0.1) is 0 Å². The first-order valence-corrected chi connectivity index (χ1v) is 10.00. The van der Waals surface area contributed by atoms with Crippen LogP contribution in [0, 0.1) is 5.92 Å². The van der Waals surface area contributed by atoms with Gasteiger partial charge < -0.3 is 19.7 Å². The van der Waals surface area contributed by atoms with Crippen molar-refractivity contribution in [2.24, 2.45) is 5.92 Å². The molecule has 1 N–H and O–H groups in total. The van der Waals surface area contributed by atoms with Gasteiger partial charge in [0.05, 0.1) is 25.5 Å². The van der Waals surface area contributed by atoms with Gasteiger partial charge in [-0.05, 0) is 38.2 Å². The summed E-state index contributed by atoms with van der Waals surface area (Å²) in [6, 6.07) is 3.39. The number of methoxy groups -OCH3 is 2. The molecule has 0 aromatic heterocycles. The van der Waals surface area contributed by atoms with Crippen LogP contribution in [-0.2, 0) is 4.79 Å². The number of nitrogens with zero attached hydrogens (tertiary/aromatic N) is 1. The summed E-state index contributed by atoms with van der Waals surface area (Å²) in [5.74, 6) is 0.953. The van der Waals surface area contributed by atoms with E-state index in [0.717, 1.165) is 58.0 Å². The van der Waals surface area contributed by atoms with E-state index in [4.69, 9.17) is 9.47 Å². The maximum absolute atomic E-state index is 13.1. The second-order valence-corrected chi connectivity index (χ2v) is 7.43. The average Bonchev–Trinajstić information content (AvgIpc) is 2.74. The molecule has 1 saturated heterocycles. The fourth-order valence-electron chi connectivity index (χ4n) is 4.03. The second-order valence-electron chi connectivity index (χ2n) is 7.43. The maximum Gasteiger partial charge on any atom is 0.256 e. The Hall–Kier alpha value is -2.24. The van der Waals surface area contributed by atoms with Crippen molar-refractivity contribution in [2.75, 3.05) is 32.6 Å². The minimum Gasteiger partial charge on any atom is -0.493 e. The molecule has 0 spiro atoms. The number of amides is 2. The van der Waals surface area contributed by atoms with Crippen LogP contribution in [0.15, 0.2) is 12.1 Å². The molecule has 1 saturated carbocycles. The van der Waals surface area contributed by atoms with Gasteiger partial charge in [-0.2, -0.15) is 0 Å². The van der Waals surface area contributed by atoms with Crippen molar-refractivity contribution in [3.05, 3.63) is 17.7 Å². The number of carbonyl (C=O) groups excluding carboxylic acids is 2. The molecule has 1 heterocycles. The maximum atomic E-state index is 13.1. The highest BCUT2D eigenvalue weighted by molar-refractivity contribution is 6.05. The highest BCUT2D eigenvalue weighted by Gasteiger charge is 2.26. The molecule has 27 heavy (non-hydrogen) atoms. The number of anilines is 1. The lowest BCUT2D eigenvalue weighted by Gasteiger charge is -2.28. The van der Waals surface area contributed by atoms with Gasteiger partial charge in [0.25, 0.3) is 5.91 Å². The van der Waals surface area contributed by atoms with E-state index in [1.165, 1.54) is 6.42 Å². The van der Waals surface area contributed by atoms with E-state index >= 15 is 0 Å². The van der Waals surface area contributed by atoms with E-state index < -0.39 is 0 Å². The van der Waals surface area contributed by atoms with E-state index in [1.807, 2.05) is 4.90 Å². The molecule has 148 valence electrons. The van der Waals surface area contributed by atoms with E-state index in [-0.39, 0.29) is 17.7 Å². The molecule has 0 atom stereocenters. The summed E-state index contributed by atoms with van der Waals surface area (Å²) in [6.45, 7) is 1.51. The van der Waals surface area contributed by atoms with Crippen LogP contribution in [-0.4, -0.2) is 44.0 Å². The van der Waals surface area contributed by atoms with Crippen molar-refractivity contribution >= 4 is 17.5 Å². The molecule has 2 aliphatic rings. The fraction of sp³-hybridized carbons (Fsp3) is 0.619. The van der Waals surface area contributed by atoms with Crippen LogP contribution < -0.4 is 14.8 Å². The van der Waals surface area contributed by atoms with Crippen LogP contribution in [0.5, 0.6) is 11.5 Å². The number of likely N-dealkylation sites (tertiary alicyclic amines) is 1. The average molecular weight is 374 g/mol. The van der Waals surface area contributed by atoms with Crippen LogP contribution in [0.2, 0.25) is 0 Å². The van der Waals surface area contributed by atoms with Crippen LogP contribution in [0.3, 0.4) is 0 Å². The van der Waals surface area contributed by atoms with Crippen molar-refractivity contribution in [1.29, 1.82) is 0 Å². The third-order valence-electron chi connectivity index (χ3n) is 5.63. The van der Waals surface area contributed by atoms with E-state index in [2.05, 4.69) is 5.32 Å². The molecule has 2 fully saturated rings. The molecule has 3 rings (SSSR count). The fourth-order valence-corrected chi connectivity index (χ4v) is 4.03. The summed E-state index contributed by atoms with van der Waals surface area (Å²) in [6.07, 6.45) is 8.38. The first kappa shape index (κ1) is 19.5. The van der Waals surface area contributed by atoms with E-state index in [1.54, 1.807) is 26.4 Å². The minimum absolute atomic E-state index is 0.00499. The van der Waals surface area contributed by atoms with Gasteiger partial charge in [0.1, 0.15) is 0 Å². The first-order chi connectivity index (χ1) is 13.1. The Morgan fingerprint density at radius 2 is 1.52 bits per heavy atom. The zero-order valence-electron chi connectivity index (χ0n) is 16.4. The standard InChI is InChI=1S/C21H30N2O4/c1-26-18-13-16(21(25)23-11-7-4-8-12-23)17(14-19(18)27-2)22-20(24)15-9-5-3-6-10-15/h13-15H,3-12H2,1-2H3,(H,22,24). The number of benzene rings is 1. The van der Waals surface area contributed by atoms with Crippen LogP contribution >= 0.6 is 0 Å². The number of ether oxygens (including phenoxy) is 2. The van der Waals surface area contributed by atoms with Crippen molar-refractivity contribution in [2.45, 2.75) is 51.4 Å². The lowest BCUT2D eigenvalue weighted by Crippen LogP contribution is -2.36. The Morgan fingerprint density at radius 1 is 0.926 bits per heavy atom. The molecule has 6 heteroatoms. The predicted molar refractivity (Wildman–Crippen MR) is 105 cm³/mol. The van der Waals surface area contributed by atoms with E-state index in [0.29, 0.717) is 22.7 Å². The van der Waals surface area contributed by atoms with Gasteiger partial charge in [-0.25, -0.2) is 0 Å². The van der Waals surface area contributed by atoms with Gasteiger partial charge in [0.15, 0.2) is 11.5 Å². The van der Waals surface area contributed by atoms with Crippen molar-refractivity contribution in [3.63, 3.8) is 0 Å². The molecule has 0 unspecified atom stereocenters. The normalized spacial score (nSPS) is 18.1. The molecule has 2 amide bonds. The lowest BCUT2D eigenvalue weighted by molar-refractivity contribution is -0.120. The highest BCUT2D eigenvalue weighted by Crippen LogP contribution is 2.35. The molecule has 6 nitrogen and oxygen atoms in total.